The van der Waals surface area contributed by atoms with Crippen LogP contribution < -0.4 is 11.3 Å². The Balaban J connectivity index is 2.24. The van der Waals surface area contributed by atoms with Crippen LogP contribution in [0.3, 0.4) is 0 Å². The summed E-state index contributed by atoms with van der Waals surface area (Å²) in [6, 6.07) is 0.613. The highest BCUT2D eigenvalue weighted by Crippen LogP contribution is 2.24. The number of hydrogen-bond acceptors (Lipinski definition) is 4. The fourth-order valence-electron chi connectivity index (χ4n) is 1.82. The molecule has 1 aliphatic carbocycles. The molecular formula is C10H21N3O2. The van der Waals surface area contributed by atoms with Crippen LogP contribution in [0.2, 0.25) is 0 Å². The Hall–Kier alpha value is -0.650. The largest absolute Gasteiger partial charge is 0.396 e. The second-order valence-corrected chi connectivity index (χ2v) is 4.02. The number of hydrazine groups is 1. The molecule has 0 saturated heterocycles. The van der Waals surface area contributed by atoms with Crippen LogP contribution in [0.15, 0.2) is 0 Å². The first-order valence-electron chi connectivity index (χ1n) is 5.62. The Bertz CT molecular complexity index is 195. The highest BCUT2D eigenvalue weighted by molar-refractivity contribution is 5.75. The van der Waals surface area contributed by atoms with Crippen molar-refractivity contribution in [2.75, 3.05) is 19.7 Å². The van der Waals surface area contributed by atoms with Gasteiger partial charge in [0.05, 0.1) is 0 Å². The summed E-state index contributed by atoms with van der Waals surface area (Å²) in [4.78, 5) is 13.3. The van der Waals surface area contributed by atoms with Gasteiger partial charge in [-0.2, -0.15) is 0 Å². The number of carbonyl (C=O) groups excluding carboxylic acids is 1. The Morgan fingerprint density at radius 1 is 1.47 bits per heavy atom. The Morgan fingerprint density at radius 3 is 2.67 bits per heavy atom. The predicted molar refractivity (Wildman–Crippen MR) is 57.9 cm³/mol. The fraction of sp³-hybridized carbons (Fsp3) is 0.900. The maximum atomic E-state index is 11.0. The van der Waals surface area contributed by atoms with Crippen molar-refractivity contribution in [2.24, 2.45) is 5.84 Å². The summed E-state index contributed by atoms with van der Waals surface area (Å²) in [5.41, 5.74) is 2.14. The van der Waals surface area contributed by atoms with E-state index in [4.69, 9.17) is 10.9 Å². The van der Waals surface area contributed by atoms with E-state index in [-0.39, 0.29) is 12.5 Å². The lowest BCUT2D eigenvalue weighted by molar-refractivity contribution is -0.121. The highest BCUT2D eigenvalue weighted by Gasteiger charge is 2.24. The maximum absolute atomic E-state index is 11.0. The van der Waals surface area contributed by atoms with Gasteiger partial charge in [0.15, 0.2) is 0 Å². The predicted octanol–water partition coefficient (Wildman–Crippen LogP) is -0.397. The molecule has 1 fully saturated rings. The quantitative estimate of drug-likeness (QED) is 0.307. The number of carbonyl (C=O) groups is 1. The number of rotatable bonds is 7. The normalized spacial score (nSPS) is 16.5. The lowest BCUT2D eigenvalue weighted by atomic mass is 9.91. The van der Waals surface area contributed by atoms with Gasteiger partial charge in [0, 0.05) is 32.2 Å². The molecule has 0 bridgehead atoms. The molecule has 1 saturated carbocycles. The van der Waals surface area contributed by atoms with Crippen molar-refractivity contribution in [2.45, 2.75) is 38.1 Å². The topological polar surface area (TPSA) is 78.6 Å². The third kappa shape index (κ3) is 4.15. The monoisotopic (exact) mass is 215 g/mol. The second-order valence-electron chi connectivity index (χ2n) is 4.02. The van der Waals surface area contributed by atoms with Crippen LogP contribution in [-0.4, -0.2) is 41.7 Å². The average molecular weight is 215 g/mol. The van der Waals surface area contributed by atoms with Crippen molar-refractivity contribution < 1.29 is 9.90 Å². The summed E-state index contributed by atoms with van der Waals surface area (Å²) in [5, 5.41) is 8.79. The zero-order valence-corrected chi connectivity index (χ0v) is 9.11. The molecule has 0 aromatic rings. The van der Waals surface area contributed by atoms with Crippen molar-refractivity contribution >= 4 is 5.91 Å². The molecule has 4 N–H and O–H groups in total. The molecule has 0 atom stereocenters. The molecular weight excluding hydrogens is 194 g/mol. The third-order valence-electron chi connectivity index (χ3n) is 2.98. The third-order valence-corrected chi connectivity index (χ3v) is 2.98. The van der Waals surface area contributed by atoms with Crippen LogP contribution in [0.4, 0.5) is 0 Å². The van der Waals surface area contributed by atoms with Gasteiger partial charge in [-0.05, 0) is 19.3 Å². The lowest BCUT2D eigenvalue weighted by Gasteiger charge is -2.37. The van der Waals surface area contributed by atoms with E-state index in [9.17, 15) is 4.79 Å². The van der Waals surface area contributed by atoms with E-state index < -0.39 is 0 Å². The molecule has 5 nitrogen and oxygen atoms in total. The Morgan fingerprint density at radius 2 is 2.20 bits per heavy atom. The van der Waals surface area contributed by atoms with Gasteiger partial charge in [-0.1, -0.05) is 6.42 Å². The van der Waals surface area contributed by atoms with Gasteiger partial charge >= 0.3 is 0 Å². The Labute approximate surface area is 90.6 Å². The molecule has 0 aliphatic heterocycles. The molecule has 0 radical (unpaired) electrons. The molecule has 88 valence electrons. The molecule has 0 heterocycles. The smallest absolute Gasteiger partial charge is 0.235 e. The van der Waals surface area contributed by atoms with Crippen molar-refractivity contribution in [3.8, 4) is 0 Å². The van der Waals surface area contributed by atoms with Crippen LogP contribution in [-0.2, 0) is 4.79 Å². The van der Waals surface area contributed by atoms with Gasteiger partial charge in [-0.15, -0.1) is 0 Å². The van der Waals surface area contributed by atoms with Crippen molar-refractivity contribution in [3.63, 3.8) is 0 Å². The SMILES string of the molecule is NNC(=O)CCN(CCCO)C1CCC1. The lowest BCUT2D eigenvalue weighted by Crippen LogP contribution is -2.43. The first kappa shape index (κ1) is 12.4. The number of aliphatic hydroxyl groups excluding tert-OH is 1. The van der Waals surface area contributed by atoms with E-state index in [1.807, 2.05) is 0 Å². The molecule has 1 amide bonds. The number of nitrogens with two attached hydrogens (primary N) is 1. The molecule has 0 spiro atoms. The summed E-state index contributed by atoms with van der Waals surface area (Å²) < 4.78 is 0. The molecule has 1 rings (SSSR count). The first-order chi connectivity index (χ1) is 7.27. The summed E-state index contributed by atoms with van der Waals surface area (Å²) in [6.45, 7) is 1.83. The van der Waals surface area contributed by atoms with E-state index >= 15 is 0 Å². The van der Waals surface area contributed by atoms with Crippen LogP contribution >= 0.6 is 0 Å². The standard InChI is InChI=1S/C10H21N3O2/c11-12-10(15)5-7-13(6-2-8-14)9-3-1-4-9/h9,14H,1-8,11H2,(H,12,15). The van der Waals surface area contributed by atoms with Crippen molar-refractivity contribution in [1.29, 1.82) is 0 Å². The number of nitrogens with zero attached hydrogens (tertiary/aromatic N) is 1. The fourth-order valence-corrected chi connectivity index (χ4v) is 1.82. The number of nitrogens with one attached hydrogen (secondary N) is 1. The first-order valence-corrected chi connectivity index (χ1v) is 5.62. The molecule has 15 heavy (non-hydrogen) atoms. The van der Waals surface area contributed by atoms with Gasteiger partial charge < -0.3 is 5.11 Å². The van der Waals surface area contributed by atoms with Crippen molar-refractivity contribution in [3.05, 3.63) is 0 Å². The number of aliphatic hydroxyl groups is 1. The van der Waals surface area contributed by atoms with Crippen LogP contribution in [0, 0.1) is 0 Å². The van der Waals surface area contributed by atoms with E-state index in [1.54, 1.807) is 0 Å². The summed E-state index contributed by atoms with van der Waals surface area (Å²) in [6.07, 6.45) is 4.94. The van der Waals surface area contributed by atoms with E-state index in [0.29, 0.717) is 12.5 Å². The zero-order chi connectivity index (χ0) is 11.1. The molecule has 5 heteroatoms. The van der Waals surface area contributed by atoms with E-state index in [1.165, 1.54) is 19.3 Å². The summed E-state index contributed by atoms with van der Waals surface area (Å²) >= 11 is 0. The minimum absolute atomic E-state index is 0.122. The van der Waals surface area contributed by atoms with E-state index in [0.717, 1.165) is 19.5 Å². The highest BCUT2D eigenvalue weighted by atomic mass is 16.3. The maximum Gasteiger partial charge on any atom is 0.235 e. The van der Waals surface area contributed by atoms with Gasteiger partial charge in [0.2, 0.25) is 5.91 Å². The number of amides is 1. The molecule has 1 aliphatic rings. The summed E-state index contributed by atoms with van der Waals surface area (Å²) in [5.74, 6) is 4.90. The minimum atomic E-state index is -0.122. The van der Waals surface area contributed by atoms with Gasteiger partial charge in [0.1, 0.15) is 0 Å². The second kappa shape index (κ2) is 6.76. The molecule has 0 aromatic heterocycles. The van der Waals surface area contributed by atoms with Crippen LogP contribution in [0.1, 0.15) is 32.1 Å². The van der Waals surface area contributed by atoms with Gasteiger partial charge in [-0.25, -0.2) is 5.84 Å². The van der Waals surface area contributed by atoms with Crippen LogP contribution in [0.5, 0.6) is 0 Å². The van der Waals surface area contributed by atoms with E-state index in [2.05, 4.69) is 10.3 Å². The molecule has 0 unspecified atom stereocenters. The van der Waals surface area contributed by atoms with Crippen molar-refractivity contribution in [1.82, 2.24) is 10.3 Å². The van der Waals surface area contributed by atoms with Gasteiger partial charge in [-0.3, -0.25) is 15.1 Å². The van der Waals surface area contributed by atoms with Gasteiger partial charge in [0.25, 0.3) is 0 Å². The summed E-state index contributed by atoms with van der Waals surface area (Å²) in [7, 11) is 0. The molecule has 0 aromatic carbocycles. The number of hydrogen-bond donors (Lipinski definition) is 3. The minimum Gasteiger partial charge on any atom is -0.396 e. The zero-order valence-electron chi connectivity index (χ0n) is 9.11. The Kier molecular flexibility index (Phi) is 5.60. The average Bonchev–Trinajstić information content (AvgIpc) is 2.18. The van der Waals surface area contributed by atoms with Crippen LogP contribution in [0.25, 0.3) is 0 Å².